The number of hydrogen-bond donors (Lipinski definition) is 2. The Morgan fingerprint density at radius 1 is 0.844 bits per heavy atom. The van der Waals surface area contributed by atoms with E-state index in [4.69, 9.17) is 21.8 Å². The third kappa shape index (κ3) is 4.44. The Bertz CT molecular complexity index is 1320. The van der Waals surface area contributed by atoms with Crippen LogP contribution >= 0.6 is 11.6 Å². The van der Waals surface area contributed by atoms with Gasteiger partial charge in [-0.05, 0) is 36.2 Å². The lowest BCUT2D eigenvalue weighted by Gasteiger charge is -2.04. The van der Waals surface area contributed by atoms with Crippen molar-refractivity contribution in [3.8, 4) is 11.3 Å². The molecule has 0 spiro atoms. The summed E-state index contributed by atoms with van der Waals surface area (Å²) < 4.78 is 0. The first-order chi connectivity index (χ1) is 15.8. The highest BCUT2D eigenvalue weighted by Gasteiger charge is 2.14. The number of nitrogens with zero attached hydrogens (tertiary/aromatic N) is 3. The highest BCUT2D eigenvalue weighted by molar-refractivity contribution is 6.31. The fourth-order valence-corrected chi connectivity index (χ4v) is 4.14. The number of fused-ring (bicyclic) bond motifs is 1. The Kier molecular flexibility index (Phi) is 6.01. The van der Waals surface area contributed by atoms with E-state index in [0.29, 0.717) is 13.1 Å². The van der Waals surface area contributed by atoms with Crippen LogP contribution in [0.25, 0.3) is 22.2 Å². The van der Waals surface area contributed by atoms with Crippen molar-refractivity contribution in [2.24, 2.45) is 0 Å². The average Bonchev–Trinajstić information content (AvgIpc) is 3.43. The van der Waals surface area contributed by atoms with Crippen molar-refractivity contribution in [1.29, 1.82) is 0 Å². The number of H-pyrrole nitrogens is 1. The second kappa shape index (κ2) is 9.39. The minimum atomic E-state index is 0.537. The summed E-state index contributed by atoms with van der Waals surface area (Å²) in [6.45, 7) is 2.04. The number of aromatic amines is 1. The zero-order valence-electron chi connectivity index (χ0n) is 17.6. The van der Waals surface area contributed by atoms with Gasteiger partial charge in [0.2, 0.25) is 0 Å². The second-order valence-corrected chi connectivity index (χ2v) is 8.18. The normalized spacial score (nSPS) is 11.3. The molecule has 0 aliphatic carbocycles. The molecule has 2 heterocycles. The number of halogens is 1. The molecule has 2 aromatic heterocycles. The summed E-state index contributed by atoms with van der Waals surface area (Å²) in [5, 5.41) is 15.1. The van der Waals surface area contributed by atoms with Gasteiger partial charge in [0.25, 0.3) is 0 Å². The Morgan fingerprint density at radius 2 is 1.62 bits per heavy atom. The molecule has 0 saturated heterocycles. The van der Waals surface area contributed by atoms with Gasteiger partial charge >= 0.3 is 0 Å². The van der Waals surface area contributed by atoms with E-state index in [-0.39, 0.29) is 0 Å². The van der Waals surface area contributed by atoms with Crippen LogP contribution in [0.4, 0.5) is 0 Å². The molecule has 0 amide bonds. The number of benzene rings is 3. The maximum absolute atomic E-state index is 6.35. The Morgan fingerprint density at radius 3 is 2.50 bits per heavy atom. The quantitative estimate of drug-likeness (QED) is 0.314. The largest absolute Gasteiger partial charge is 0.361 e. The highest BCUT2D eigenvalue weighted by Crippen LogP contribution is 2.22. The van der Waals surface area contributed by atoms with Crippen LogP contribution in [0.1, 0.15) is 16.8 Å². The van der Waals surface area contributed by atoms with Crippen LogP contribution in [0.3, 0.4) is 0 Å². The average molecular weight is 442 g/mol. The van der Waals surface area contributed by atoms with Gasteiger partial charge < -0.3 is 10.3 Å². The lowest BCUT2D eigenvalue weighted by atomic mass is 10.1. The molecule has 3 aromatic carbocycles. The lowest BCUT2D eigenvalue weighted by molar-refractivity contribution is 0.577. The third-order valence-corrected chi connectivity index (χ3v) is 5.95. The first-order valence-electron chi connectivity index (χ1n) is 10.8. The molecule has 5 aromatic rings. The summed E-state index contributed by atoms with van der Waals surface area (Å²) in [6, 6.07) is 26.4. The van der Waals surface area contributed by atoms with Crippen LogP contribution in [0.2, 0.25) is 5.02 Å². The van der Waals surface area contributed by atoms with Crippen molar-refractivity contribution in [3.05, 3.63) is 107 Å². The molecule has 160 valence electrons. The first kappa shape index (κ1) is 20.5. The second-order valence-electron chi connectivity index (χ2n) is 7.77. The molecule has 5 nitrogen and oxygen atoms in total. The van der Waals surface area contributed by atoms with Crippen LogP contribution in [0.5, 0.6) is 0 Å². The Hall–Kier alpha value is -3.41. The molecule has 0 unspecified atom stereocenters. The number of hydrogen-bond acceptors (Lipinski definition) is 3. The van der Waals surface area contributed by atoms with Crippen molar-refractivity contribution < 1.29 is 0 Å². The fourth-order valence-electron chi connectivity index (χ4n) is 3.94. The smallest absolute Gasteiger partial charge is 0.117 e. The van der Waals surface area contributed by atoms with Crippen molar-refractivity contribution in [3.63, 3.8) is 0 Å². The Labute approximate surface area is 192 Å². The summed E-state index contributed by atoms with van der Waals surface area (Å²) in [5.74, 6) is 0. The van der Waals surface area contributed by atoms with Gasteiger partial charge in [-0.15, -0.1) is 0 Å². The summed E-state index contributed by atoms with van der Waals surface area (Å²) in [5.41, 5.74) is 6.39. The van der Waals surface area contributed by atoms with E-state index >= 15 is 0 Å². The van der Waals surface area contributed by atoms with Crippen LogP contribution in [-0.2, 0) is 19.5 Å². The summed E-state index contributed by atoms with van der Waals surface area (Å²) >= 11 is 6.35. The zero-order chi connectivity index (χ0) is 21.8. The van der Waals surface area contributed by atoms with Gasteiger partial charge in [0.15, 0.2) is 0 Å². The monoisotopic (exact) mass is 441 g/mol. The molecular formula is C26H24ClN5. The standard InChI is InChI=1S/C26H24ClN5/c27-23-12-6-4-10-21(23)18-32-30-25(26(31-32)19-8-2-1-3-9-19)17-28-15-14-20-16-29-24-13-7-5-11-22(20)24/h1-13,16,28-29H,14-15,17-18H2. The number of rotatable bonds is 8. The summed E-state index contributed by atoms with van der Waals surface area (Å²) in [7, 11) is 0. The van der Waals surface area contributed by atoms with Crippen LogP contribution in [0.15, 0.2) is 85.1 Å². The zero-order valence-corrected chi connectivity index (χ0v) is 18.4. The van der Waals surface area contributed by atoms with Crippen LogP contribution in [0, 0.1) is 0 Å². The van der Waals surface area contributed by atoms with Gasteiger partial charge in [-0.1, -0.05) is 78.3 Å². The predicted octanol–water partition coefficient (Wildman–Crippen LogP) is 5.46. The molecule has 0 saturated carbocycles. The van der Waals surface area contributed by atoms with Crippen molar-refractivity contribution in [1.82, 2.24) is 25.3 Å². The molecule has 0 aliphatic rings. The molecule has 0 aliphatic heterocycles. The van der Waals surface area contributed by atoms with Crippen LogP contribution in [-0.4, -0.2) is 26.5 Å². The van der Waals surface area contributed by atoms with Crippen LogP contribution < -0.4 is 5.32 Å². The van der Waals surface area contributed by atoms with E-state index in [1.54, 1.807) is 4.80 Å². The first-order valence-corrected chi connectivity index (χ1v) is 11.1. The van der Waals surface area contributed by atoms with E-state index < -0.39 is 0 Å². The van der Waals surface area contributed by atoms with Crippen molar-refractivity contribution in [2.45, 2.75) is 19.5 Å². The Balaban J connectivity index is 1.31. The van der Waals surface area contributed by atoms with E-state index in [9.17, 15) is 0 Å². The minimum Gasteiger partial charge on any atom is -0.361 e. The van der Waals surface area contributed by atoms with Gasteiger partial charge in [-0.25, -0.2) is 0 Å². The summed E-state index contributed by atoms with van der Waals surface area (Å²) in [4.78, 5) is 5.08. The predicted molar refractivity (Wildman–Crippen MR) is 130 cm³/mol. The van der Waals surface area contributed by atoms with Gasteiger partial charge in [0.1, 0.15) is 11.4 Å². The van der Waals surface area contributed by atoms with E-state index in [0.717, 1.165) is 40.5 Å². The van der Waals surface area contributed by atoms with Crippen molar-refractivity contribution in [2.75, 3.05) is 6.54 Å². The topological polar surface area (TPSA) is 58.5 Å². The highest BCUT2D eigenvalue weighted by atomic mass is 35.5. The van der Waals surface area contributed by atoms with Gasteiger partial charge in [-0.2, -0.15) is 15.0 Å². The molecule has 5 rings (SSSR count). The minimum absolute atomic E-state index is 0.537. The summed E-state index contributed by atoms with van der Waals surface area (Å²) in [6.07, 6.45) is 3.04. The number of nitrogens with one attached hydrogen (secondary N) is 2. The molecular weight excluding hydrogens is 418 g/mol. The van der Waals surface area contributed by atoms with Crippen molar-refractivity contribution >= 4 is 22.5 Å². The maximum atomic E-state index is 6.35. The number of para-hydroxylation sites is 1. The van der Waals surface area contributed by atoms with E-state index in [1.807, 2.05) is 42.5 Å². The fraction of sp³-hybridized carbons (Fsp3) is 0.154. The lowest BCUT2D eigenvalue weighted by Crippen LogP contribution is -2.17. The number of aromatic nitrogens is 4. The maximum Gasteiger partial charge on any atom is 0.117 e. The van der Waals surface area contributed by atoms with E-state index in [1.165, 1.54) is 16.5 Å². The molecule has 0 bridgehead atoms. The van der Waals surface area contributed by atoms with E-state index in [2.05, 4.69) is 52.9 Å². The molecule has 0 radical (unpaired) electrons. The molecule has 2 N–H and O–H groups in total. The molecule has 0 fully saturated rings. The molecule has 6 heteroatoms. The molecule has 0 atom stereocenters. The third-order valence-electron chi connectivity index (χ3n) is 5.58. The SMILES string of the molecule is Clc1ccccc1Cn1nc(CNCCc2c[nH]c3ccccc23)c(-c2ccccc2)n1. The van der Waals surface area contributed by atoms with Gasteiger partial charge in [0.05, 0.1) is 6.54 Å². The van der Waals surface area contributed by atoms with Gasteiger partial charge in [0, 0.05) is 34.2 Å². The molecule has 32 heavy (non-hydrogen) atoms. The van der Waals surface area contributed by atoms with Gasteiger partial charge in [-0.3, -0.25) is 0 Å².